The first-order valence-corrected chi connectivity index (χ1v) is 8.73. The smallest absolute Gasteiger partial charge is 0.307 e. The molecule has 0 spiro atoms. The fraction of sp³-hybridized carbons (Fsp3) is 0.667. The highest BCUT2D eigenvalue weighted by molar-refractivity contribution is 7.91. The van der Waals surface area contributed by atoms with Gasteiger partial charge in [-0.2, -0.15) is 0 Å². The number of thiazole rings is 1. The van der Waals surface area contributed by atoms with Gasteiger partial charge < -0.3 is 5.11 Å². The molecule has 1 unspecified atom stereocenters. The Hall–Kier alpha value is -0.990. The van der Waals surface area contributed by atoms with E-state index < -0.39 is 21.9 Å². The van der Waals surface area contributed by atoms with Crippen molar-refractivity contribution in [3.8, 4) is 0 Å². The molecule has 1 heterocycles. The zero-order valence-electron chi connectivity index (χ0n) is 11.8. The van der Waals surface area contributed by atoms with Gasteiger partial charge in [0.2, 0.25) is 0 Å². The molecule has 0 aliphatic heterocycles. The number of carboxylic acids is 1. The number of sulfonamides is 1. The highest BCUT2D eigenvalue weighted by Crippen LogP contribution is 2.19. The van der Waals surface area contributed by atoms with Crippen LogP contribution in [0.3, 0.4) is 0 Å². The summed E-state index contributed by atoms with van der Waals surface area (Å²) < 4.78 is 26.6. The van der Waals surface area contributed by atoms with E-state index in [2.05, 4.69) is 9.71 Å². The molecule has 0 radical (unpaired) electrons. The maximum Gasteiger partial charge on any atom is 0.307 e. The van der Waals surface area contributed by atoms with Gasteiger partial charge in [-0.3, -0.25) is 4.79 Å². The van der Waals surface area contributed by atoms with Crippen LogP contribution in [-0.4, -0.2) is 31.0 Å². The van der Waals surface area contributed by atoms with Crippen molar-refractivity contribution in [3.05, 3.63) is 11.2 Å². The van der Waals surface area contributed by atoms with Crippen molar-refractivity contribution >= 4 is 27.3 Å². The van der Waals surface area contributed by atoms with Crippen molar-refractivity contribution in [2.45, 2.75) is 37.8 Å². The Morgan fingerprint density at radius 3 is 2.60 bits per heavy atom. The molecule has 0 saturated heterocycles. The molecular formula is C12H20N2O4S2. The number of aryl methyl sites for hydroxylation is 1. The van der Waals surface area contributed by atoms with Crippen LogP contribution in [0, 0.1) is 11.8 Å². The lowest BCUT2D eigenvalue weighted by molar-refractivity contribution is -0.142. The number of hydrogen-bond acceptors (Lipinski definition) is 5. The summed E-state index contributed by atoms with van der Waals surface area (Å²) in [5, 5.41) is 9.83. The normalized spacial score (nSPS) is 13.6. The van der Waals surface area contributed by atoms with Crippen LogP contribution in [0.1, 0.15) is 32.2 Å². The Bertz CT molecular complexity index is 552. The number of hydrogen-bond donors (Lipinski definition) is 2. The largest absolute Gasteiger partial charge is 0.481 e. The predicted molar refractivity (Wildman–Crippen MR) is 77.3 cm³/mol. The monoisotopic (exact) mass is 320 g/mol. The molecule has 0 fully saturated rings. The second kappa shape index (κ2) is 7.14. The first-order valence-electron chi connectivity index (χ1n) is 6.43. The van der Waals surface area contributed by atoms with Gasteiger partial charge >= 0.3 is 5.97 Å². The standard InChI is InChI=1S/C12H20N2O4S2/c1-4-10-13-7-11(19-10)20(17,18)14-6-9(12(15)16)5-8(2)3/h7-9,14H,4-6H2,1-3H3,(H,15,16). The summed E-state index contributed by atoms with van der Waals surface area (Å²) in [6, 6.07) is 0. The first kappa shape index (κ1) is 17.1. The molecule has 1 rings (SSSR count). The predicted octanol–water partition coefficient (Wildman–Crippen LogP) is 1.73. The molecule has 2 N–H and O–H groups in total. The van der Waals surface area contributed by atoms with Crippen LogP contribution in [0.15, 0.2) is 10.4 Å². The van der Waals surface area contributed by atoms with Crippen molar-refractivity contribution in [2.75, 3.05) is 6.54 Å². The molecule has 0 saturated carbocycles. The van der Waals surface area contributed by atoms with Gasteiger partial charge in [-0.1, -0.05) is 20.8 Å². The molecule has 1 aromatic rings. The summed E-state index contributed by atoms with van der Waals surface area (Å²) in [6.07, 6.45) is 2.41. The van der Waals surface area contributed by atoms with E-state index in [4.69, 9.17) is 5.11 Å². The Labute approximate surface area is 123 Å². The number of rotatable bonds is 8. The van der Waals surface area contributed by atoms with Crippen molar-refractivity contribution < 1.29 is 18.3 Å². The molecular weight excluding hydrogens is 300 g/mol. The quantitative estimate of drug-likeness (QED) is 0.760. The topological polar surface area (TPSA) is 96.4 Å². The fourth-order valence-electron chi connectivity index (χ4n) is 1.70. The summed E-state index contributed by atoms with van der Waals surface area (Å²) >= 11 is 1.10. The minimum atomic E-state index is -3.67. The van der Waals surface area contributed by atoms with Gasteiger partial charge in [0.25, 0.3) is 10.0 Å². The fourth-order valence-corrected chi connectivity index (χ4v) is 3.95. The van der Waals surface area contributed by atoms with Crippen LogP contribution in [0.5, 0.6) is 0 Å². The molecule has 0 aliphatic rings. The number of carbonyl (C=O) groups is 1. The van der Waals surface area contributed by atoms with Crippen LogP contribution < -0.4 is 4.72 Å². The van der Waals surface area contributed by atoms with Crippen LogP contribution in [0.25, 0.3) is 0 Å². The average Bonchev–Trinajstić information content (AvgIpc) is 2.83. The Morgan fingerprint density at radius 1 is 1.50 bits per heavy atom. The van der Waals surface area contributed by atoms with Gasteiger partial charge in [-0.15, -0.1) is 11.3 Å². The lowest BCUT2D eigenvalue weighted by atomic mass is 9.98. The molecule has 20 heavy (non-hydrogen) atoms. The van der Waals surface area contributed by atoms with Crippen molar-refractivity contribution in [1.29, 1.82) is 0 Å². The second-order valence-corrected chi connectivity index (χ2v) is 8.05. The average molecular weight is 320 g/mol. The maximum atomic E-state index is 12.0. The number of nitrogens with one attached hydrogen (secondary N) is 1. The zero-order chi connectivity index (χ0) is 15.3. The van der Waals surface area contributed by atoms with E-state index in [9.17, 15) is 13.2 Å². The van der Waals surface area contributed by atoms with Gasteiger partial charge in [0.05, 0.1) is 17.1 Å². The Balaban J connectivity index is 2.73. The van der Waals surface area contributed by atoms with Gasteiger partial charge in [0.1, 0.15) is 0 Å². The Morgan fingerprint density at radius 2 is 2.15 bits per heavy atom. The van der Waals surface area contributed by atoms with Gasteiger partial charge in [-0.05, 0) is 18.8 Å². The van der Waals surface area contributed by atoms with Gasteiger partial charge in [0.15, 0.2) is 4.21 Å². The summed E-state index contributed by atoms with van der Waals surface area (Å²) in [5.74, 6) is -1.51. The van der Waals surface area contributed by atoms with Crippen molar-refractivity contribution in [1.82, 2.24) is 9.71 Å². The highest BCUT2D eigenvalue weighted by atomic mass is 32.2. The lowest BCUT2D eigenvalue weighted by Gasteiger charge is -2.14. The maximum absolute atomic E-state index is 12.0. The van der Waals surface area contributed by atoms with E-state index in [0.717, 1.165) is 16.3 Å². The van der Waals surface area contributed by atoms with Crippen LogP contribution in [0.2, 0.25) is 0 Å². The molecule has 1 atom stereocenters. The lowest BCUT2D eigenvalue weighted by Crippen LogP contribution is -2.33. The van der Waals surface area contributed by atoms with E-state index >= 15 is 0 Å². The molecule has 1 aromatic heterocycles. The third-order valence-corrected chi connectivity index (χ3v) is 5.75. The second-order valence-electron chi connectivity index (χ2n) is 4.94. The van der Waals surface area contributed by atoms with Gasteiger partial charge in [-0.25, -0.2) is 18.1 Å². The summed E-state index contributed by atoms with van der Waals surface area (Å²) in [7, 11) is -3.67. The zero-order valence-corrected chi connectivity index (χ0v) is 13.4. The summed E-state index contributed by atoms with van der Waals surface area (Å²) in [5.41, 5.74) is 0. The molecule has 114 valence electrons. The minimum Gasteiger partial charge on any atom is -0.481 e. The molecule has 0 aliphatic carbocycles. The number of aromatic nitrogens is 1. The first-order chi connectivity index (χ1) is 9.26. The van der Waals surface area contributed by atoms with E-state index in [-0.39, 0.29) is 16.7 Å². The third kappa shape index (κ3) is 4.84. The van der Waals surface area contributed by atoms with Gasteiger partial charge in [0, 0.05) is 6.54 Å². The van der Waals surface area contributed by atoms with E-state index in [1.807, 2.05) is 20.8 Å². The van der Waals surface area contributed by atoms with E-state index in [1.54, 1.807) is 0 Å². The molecule has 0 bridgehead atoms. The SMILES string of the molecule is CCc1ncc(S(=O)(=O)NCC(CC(C)C)C(=O)O)s1. The van der Waals surface area contributed by atoms with E-state index in [0.29, 0.717) is 12.8 Å². The van der Waals surface area contributed by atoms with E-state index in [1.165, 1.54) is 6.20 Å². The Kier molecular flexibility index (Phi) is 6.09. The number of aliphatic carboxylic acids is 1. The van der Waals surface area contributed by atoms with Crippen molar-refractivity contribution in [2.24, 2.45) is 11.8 Å². The molecule has 6 nitrogen and oxygen atoms in total. The van der Waals surface area contributed by atoms with Crippen LogP contribution >= 0.6 is 11.3 Å². The molecule has 8 heteroatoms. The summed E-state index contributed by atoms with van der Waals surface area (Å²) in [4.78, 5) is 15.1. The molecule has 0 amide bonds. The van der Waals surface area contributed by atoms with Crippen LogP contribution in [0.4, 0.5) is 0 Å². The number of carboxylic acid groups (broad SMARTS) is 1. The highest BCUT2D eigenvalue weighted by Gasteiger charge is 2.23. The minimum absolute atomic E-state index is 0.102. The summed E-state index contributed by atoms with van der Waals surface area (Å²) in [6.45, 7) is 5.60. The third-order valence-electron chi connectivity index (χ3n) is 2.72. The van der Waals surface area contributed by atoms with Crippen molar-refractivity contribution in [3.63, 3.8) is 0 Å². The molecule has 0 aromatic carbocycles. The number of nitrogens with zero attached hydrogens (tertiary/aromatic N) is 1. The van der Waals surface area contributed by atoms with Crippen LogP contribution in [-0.2, 0) is 21.2 Å².